The van der Waals surface area contributed by atoms with E-state index in [1.807, 2.05) is 35.2 Å². The van der Waals surface area contributed by atoms with E-state index < -0.39 is 0 Å². The number of aromatic nitrogens is 1. The van der Waals surface area contributed by atoms with E-state index in [9.17, 15) is 4.79 Å². The number of amides is 1. The van der Waals surface area contributed by atoms with Crippen molar-refractivity contribution in [3.05, 3.63) is 97.9 Å². The van der Waals surface area contributed by atoms with Gasteiger partial charge in [-0.25, -0.2) is 4.98 Å². The summed E-state index contributed by atoms with van der Waals surface area (Å²) in [4.78, 5) is 23.1. The summed E-state index contributed by atoms with van der Waals surface area (Å²) in [5.74, 6) is 0.0719. The summed E-state index contributed by atoms with van der Waals surface area (Å²) < 4.78 is 2.04. The van der Waals surface area contributed by atoms with Crippen molar-refractivity contribution < 1.29 is 4.79 Å². The average molecular weight is 593 g/mol. The highest BCUT2D eigenvalue weighted by molar-refractivity contribution is 9.10. The Bertz CT molecular complexity index is 1410. The van der Waals surface area contributed by atoms with Crippen LogP contribution in [0.5, 0.6) is 0 Å². The lowest BCUT2D eigenvalue weighted by atomic mass is 10.00. The molecule has 1 amide bonds. The number of piperazine rings is 1. The third-order valence-corrected chi connectivity index (χ3v) is 7.75. The Balaban J connectivity index is 1.41. The molecule has 0 atom stereocenters. The van der Waals surface area contributed by atoms with E-state index in [0.29, 0.717) is 18.7 Å². The van der Waals surface area contributed by atoms with Crippen LogP contribution in [0.15, 0.2) is 75.7 Å². The van der Waals surface area contributed by atoms with Crippen LogP contribution in [-0.4, -0.2) is 46.9 Å². The van der Waals surface area contributed by atoms with Crippen molar-refractivity contribution in [2.75, 3.05) is 26.2 Å². The highest BCUT2D eigenvalue weighted by atomic mass is 79.9. The Morgan fingerprint density at radius 1 is 0.857 bits per heavy atom. The first-order valence-electron chi connectivity index (χ1n) is 11.8. The first kappa shape index (κ1) is 24.2. The second kappa shape index (κ2) is 10.2. The third kappa shape index (κ3) is 5.35. The molecule has 0 saturated carbocycles. The van der Waals surface area contributed by atoms with Gasteiger partial charge in [0.2, 0.25) is 0 Å². The second-order valence-corrected chi connectivity index (χ2v) is 11.0. The third-order valence-electron chi connectivity index (χ3n) is 6.76. The summed E-state index contributed by atoms with van der Waals surface area (Å²) in [6.45, 7) is 8.24. The van der Waals surface area contributed by atoms with Crippen molar-refractivity contribution in [3.8, 4) is 11.3 Å². The molecule has 2 heterocycles. The Morgan fingerprint density at radius 2 is 1.63 bits per heavy atom. The number of nitrogens with zero attached hydrogens (tertiary/aromatic N) is 3. The predicted octanol–water partition coefficient (Wildman–Crippen LogP) is 7.00. The van der Waals surface area contributed by atoms with Gasteiger partial charge in [-0.15, -0.1) is 0 Å². The van der Waals surface area contributed by atoms with Gasteiger partial charge in [0, 0.05) is 52.6 Å². The van der Waals surface area contributed by atoms with Gasteiger partial charge in [-0.1, -0.05) is 56.1 Å². The number of carbonyl (C=O) groups is 1. The Labute approximate surface area is 223 Å². The molecule has 3 aromatic carbocycles. The number of hydrogen-bond acceptors (Lipinski definition) is 3. The summed E-state index contributed by atoms with van der Waals surface area (Å²) in [6.07, 6.45) is 0. The largest absolute Gasteiger partial charge is 0.336 e. The number of halogens is 2. The van der Waals surface area contributed by atoms with Crippen molar-refractivity contribution in [1.82, 2.24) is 14.8 Å². The van der Waals surface area contributed by atoms with E-state index in [4.69, 9.17) is 4.98 Å². The van der Waals surface area contributed by atoms with E-state index in [-0.39, 0.29) is 5.91 Å². The summed E-state index contributed by atoms with van der Waals surface area (Å²) >= 11 is 7.13. The highest BCUT2D eigenvalue weighted by Gasteiger charge is 2.24. The molecule has 1 fully saturated rings. The molecule has 4 aromatic rings. The molecule has 6 heteroatoms. The minimum Gasteiger partial charge on any atom is -0.336 e. The standard InChI is InChI=1S/C29H27Br2N3O/c1-19-6-7-22(14-20(19)2)28-17-26(25-16-24(31)8-9-27(25)32-28)29(35)34-12-10-33(11-13-34)18-21-4-3-5-23(30)15-21/h3-9,14-17H,10-13,18H2,1-2H3. The normalized spacial score (nSPS) is 14.5. The van der Waals surface area contributed by atoms with Gasteiger partial charge in [0.05, 0.1) is 16.8 Å². The number of carbonyl (C=O) groups excluding carboxylic acids is 1. The SMILES string of the molecule is Cc1ccc(-c2cc(C(=O)N3CCN(Cc4cccc(Br)c4)CC3)c3cc(Br)ccc3n2)cc1C. The van der Waals surface area contributed by atoms with Crippen molar-refractivity contribution >= 4 is 48.7 Å². The van der Waals surface area contributed by atoms with Crippen LogP contribution in [0.1, 0.15) is 27.0 Å². The summed E-state index contributed by atoms with van der Waals surface area (Å²) in [5, 5.41) is 0.883. The maximum atomic E-state index is 13.8. The number of rotatable bonds is 4. The fourth-order valence-electron chi connectivity index (χ4n) is 4.60. The number of fused-ring (bicyclic) bond motifs is 1. The van der Waals surface area contributed by atoms with Crippen molar-refractivity contribution in [2.45, 2.75) is 20.4 Å². The average Bonchev–Trinajstić information content (AvgIpc) is 2.85. The van der Waals surface area contributed by atoms with Gasteiger partial charge in [0.1, 0.15) is 0 Å². The van der Waals surface area contributed by atoms with Gasteiger partial charge in [-0.2, -0.15) is 0 Å². The molecule has 5 rings (SSSR count). The Kier molecular flexibility index (Phi) is 7.05. The van der Waals surface area contributed by atoms with Crippen LogP contribution >= 0.6 is 31.9 Å². The highest BCUT2D eigenvalue weighted by Crippen LogP contribution is 2.29. The van der Waals surface area contributed by atoms with Crippen LogP contribution < -0.4 is 0 Å². The molecular weight excluding hydrogens is 566 g/mol. The zero-order valence-electron chi connectivity index (χ0n) is 19.9. The van der Waals surface area contributed by atoms with Crippen LogP contribution in [-0.2, 0) is 6.54 Å². The molecule has 35 heavy (non-hydrogen) atoms. The first-order valence-corrected chi connectivity index (χ1v) is 13.4. The minimum absolute atomic E-state index is 0.0719. The summed E-state index contributed by atoms with van der Waals surface area (Å²) in [6, 6.07) is 22.7. The van der Waals surface area contributed by atoms with Crippen LogP contribution in [0.4, 0.5) is 0 Å². The first-order chi connectivity index (χ1) is 16.9. The zero-order chi connectivity index (χ0) is 24.5. The van der Waals surface area contributed by atoms with E-state index in [0.717, 1.165) is 50.7 Å². The molecule has 0 radical (unpaired) electrons. The predicted molar refractivity (Wildman–Crippen MR) is 150 cm³/mol. The maximum absolute atomic E-state index is 13.8. The number of aryl methyl sites for hydroxylation is 2. The van der Waals surface area contributed by atoms with E-state index in [1.165, 1.54) is 16.7 Å². The Hall–Kier alpha value is -2.54. The topological polar surface area (TPSA) is 36.4 Å². The van der Waals surface area contributed by atoms with Crippen LogP contribution in [0.25, 0.3) is 22.2 Å². The van der Waals surface area contributed by atoms with E-state index in [2.05, 4.69) is 87.0 Å². The van der Waals surface area contributed by atoms with Crippen molar-refractivity contribution in [1.29, 1.82) is 0 Å². The van der Waals surface area contributed by atoms with Crippen LogP contribution in [0.2, 0.25) is 0 Å². The lowest BCUT2D eigenvalue weighted by Gasteiger charge is -2.35. The summed E-state index contributed by atoms with van der Waals surface area (Å²) in [7, 11) is 0. The van der Waals surface area contributed by atoms with Crippen molar-refractivity contribution in [2.24, 2.45) is 0 Å². The van der Waals surface area contributed by atoms with E-state index in [1.54, 1.807) is 0 Å². The molecule has 0 aliphatic carbocycles. The number of hydrogen-bond donors (Lipinski definition) is 0. The fourth-order valence-corrected chi connectivity index (χ4v) is 5.40. The molecule has 1 aliphatic heterocycles. The van der Waals surface area contributed by atoms with Crippen LogP contribution in [0.3, 0.4) is 0 Å². The lowest BCUT2D eigenvalue weighted by Crippen LogP contribution is -2.48. The molecular formula is C29H27Br2N3O. The quantitative estimate of drug-likeness (QED) is 0.256. The minimum atomic E-state index is 0.0719. The number of pyridine rings is 1. The molecule has 4 nitrogen and oxygen atoms in total. The van der Waals surface area contributed by atoms with Gasteiger partial charge in [0.25, 0.3) is 5.91 Å². The molecule has 1 aromatic heterocycles. The molecule has 0 spiro atoms. The van der Waals surface area contributed by atoms with Crippen LogP contribution in [0, 0.1) is 13.8 Å². The summed E-state index contributed by atoms with van der Waals surface area (Å²) in [5.41, 5.74) is 7.16. The van der Waals surface area contributed by atoms with Gasteiger partial charge in [-0.05, 0) is 73.0 Å². The molecule has 178 valence electrons. The number of benzene rings is 3. The van der Waals surface area contributed by atoms with Gasteiger partial charge >= 0.3 is 0 Å². The van der Waals surface area contributed by atoms with Gasteiger partial charge < -0.3 is 4.90 Å². The second-order valence-electron chi connectivity index (χ2n) is 9.21. The molecule has 0 bridgehead atoms. The lowest BCUT2D eigenvalue weighted by molar-refractivity contribution is 0.0630. The Morgan fingerprint density at radius 3 is 2.37 bits per heavy atom. The molecule has 1 aliphatic rings. The van der Waals surface area contributed by atoms with Crippen molar-refractivity contribution in [3.63, 3.8) is 0 Å². The fraction of sp³-hybridized carbons (Fsp3) is 0.241. The molecule has 1 saturated heterocycles. The van der Waals surface area contributed by atoms with E-state index >= 15 is 0 Å². The van der Waals surface area contributed by atoms with Gasteiger partial charge in [0.15, 0.2) is 0 Å². The smallest absolute Gasteiger partial charge is 0.254 e. The maximum Gasteiger partial charge on any atom is 0.254 e. The van der Waals surface area contributed by atoms with Gasteiger partial charge in [-0.3, -0.25) is 9.69 Å². The molecule has 0 unspecified atom stereocenters. The molecule has 0 N–H and O–H groups in total. The zero-order valence-corrected chi connectivity index (χ0v) is 23.1. The monoisotopic (exact) mass is 591 g/mol.